The van der Waals surface area contributed by atoms with E-state index in [1.54, 1.807) is 70.4 Å². The van der Waals surface area contributed by atoms with Crippen molar-refractivity contribution in [1.29, 1.82) is 0 Å². The summed E-state index contributed by atoms with van der Waals surface area (Å²) in [5.74, 6) is -3.74. The number of hydrogen-bond donors (Lipinski definition) is 0. The Morgan fingerprint density at radius 2 is 1.76 bits per heavy atom. The van der Waals surface area contributed by atoms with E-state index in [-0.39, 0.29) is 67.2 Å². The average Bonchev–Trinajstić information content (AvgIpc) is 3.09. The third-order valence-electron chi connectivity index (χ3n) is 8.61. The maximum Gasteiger partial charge on any atom is 0.425 e. The Bertz CT molecular complexity index is 1810. The Labute approximate surface area is 292 Å². The van der Waals surface area contributed by atoms with Crippen LogP contribution in [-0.4, -0.2) is 92.5 Å². The predicted octanol–water partition coefficient (Wildman–Crippen LogP) is 6.71. The van der Waals surface area contributed by atoms with Gasteiger partial charge in [0.2, 0.25) is 5.88 Å². The third kappa shape index (κ3) is 6.91. The summed E-state index contributed by atoms with van der Waals surface area (Å²) in [5, 5.41) is -0.385. The minimum Gasteiger partial charge on any atom is -0.475 e. The molecule has 0 aliphatic carbocycles. The molecule has 0 radical (unpaired) electrons. The maximum absolute atomic E-state index is 15.7. The number of carbonyl (C=O) groups is 2. The normalized spacial score (nSPS) is 20.7. The highest BCUT2D eigenvalue weighted by Crippen LogP contribution is 2.48. The molecule has 3 aromatic rings. The van der Waals surface area contributed by atoms with Crippen LogP contribution in [0.3, 0.4) is 0 Å². The molecule has 3 aromatic heterocycles. The number of pyridine rings is 2. The van der Waals surface area contributed by atoms with Crippen molar-refractivity contribution >= 4 is 46.3 Å². The van der Waals surface area contributed by atoms with Crippen LogP contribution in [0.1, 0.15) is 72.9 Å². The summed E-state index contributed by atoms with van der Waals surface area (Å²) < 4.78 is 67.4. The second kappa shape index (κ2) is 12.5. The van der Waals surface area contributed by atoms with Gasteiger partial charge in [0.1, 0.15) is 41.1 Å². The topological polar surface area (TPSA) is 132 Å². The molecule has 6 heterocycles. The molecule has 2 saturated heterocycles. The lowest BCUT2D eigenvalue weighted by atomic mass is 9.85. The molecular weight excluding hydrogens is 683 g/mol. The molecule has 17 heteroatoms. The molecule has 2 amide bonds. The van der Waals surface area contributed by atoms with Crippen LogP contribution in [0.5, 0.6) is 11.9 Å². The number of amides is 2. The Morgan fingerprint density at radius 3 is 2.36 bits per heavy atom. The highest BCUT2D eigenvalue weighted by Gasteiger charge is 2.60. The summed E-state index contributed by atoms with van der Waals surface area (Å²) in [6.45, 7) is 12.0. The fourth-order valence-corrected chi connectivity index (χ4v) is 6.56. The van der Waals surface area contributed by atoms with Crippen LogP contribution in [-0.2, 0) is 9.47 Å². The molecule has 0 aromatic carbocycles. The molecule has 0 N–H and O–H groups in total. The van der Waals surface area contributed by atoms with E-state index in [0.717, 1.165) is 4.90 Å². The number of hydrogen-bond acceptors (Lipinski definition) is 12. The summed E-state index contributed by atoms with van der Waals surface area (Å²) in [6.07, 6.45) is -0.469. The second-order valence-corrected chi connectivity index (χ2v) is 15.1. The quantitative estimate of drug-likeness (QED) is 0.251. The van der Waals surface area contributed by atoms with E-state index in [1.165, 1.54) is 6.20 Å². The third-order valence-corrected chi connectivity index (χ3v) is 8.86. The van der Waals surface area contributed by atoms with Crippen LogP contribution in [0.4, 0.5) is 34.4 Å². The Hall–Kier alpha value is -4.18. The molecular formula is C33H39ClF3N7O6. The monoisotopic (exact) mass is 721 g/mol. The fraction of sp³-hybridized carbons (Fsp3) is 0.576. The van der Waals surface area contributed by atoms with Gasteiger partial charge in [0.25, 0.3) is 5.92 Å². The van der Waals surface area contributed by atoms with Gasteiger partial charge in [-0.05, 0) is 61.0 Å². The van der Waals surface area contributed by atoms with E-state index in [0.29, 0.717) is 18.5 Å². The first kappa shape index (κ1) is 35.6. The first-order valence-corrected chi connectivity index (χ1v) is 16.6. The van der Waals surface area contributed by atoms with Crippen LogP contribution in [0.25, 0.3) is 10.9 Å². The number of fused-ring (bicyclic) bond motifs is 1. The lowest BCUT2D eigenvalue weighted by Gasteiger charge is -2.46. The van der Waals surface area contributed by atoms with Gasteiger partial charge < -0.3 is 23.8 Å². The van der Waals surface area contributed by atoms with Crippen LogP contribution in [0.15, 0.2) is 18.3 Å². The molecule has 2 atom stereocenters. The summed E-state index contributed by atoms with van der Waals surface area (Å²) in [6, 6.07) is 2.32. The number of carbonyl (C=O) groups excluding carboxylic acids is 2. The number of aromatic nitrogens is 4. The number of anilines is 2. The summed E-state index contributed by atoms with van der Waals surface area (Å²) in [7, 11) is 0. The lowest BCUT2D eigenvalue weighted by Crippen LogP contribution is -2.59. The zero-order valence-electron chi connectivity index (χ0n) is 28.9. The maximum atomic E-state index is 15.7. The van der Waals surface area contributed by atoms with Gasteiger partial charge in [-0.2, -0.15) is 19.9 Å². The minimum absolute atomic E-state index is 0.0163. The van der Waals surface area contributed by atoms with Crippen LogP contribution >= 0.6 is 11.6 Å². The fourth-order valence-electron chi connectivity index (χ4n) is 6.39. The van der Waals surface area contributed by atoms with Crippen LogP contribution < -0.4 is 19.3 Å². The molecule has 0 spiro atoms. The van der Waals surface area contributed by atoms with Crippen molar-refractivity contribution in [3.63, 3.8) is 0 Å². The molecule has 0 saturated carbocycles. The van der Waals surface area contributed by atoms with Crippen molar-refractivity contribution in [2.45, 2.75) is 90.0 Å². The first-order valence-electron chi connectivity index (χ1n) is 16.2. The smallest absolute Gasteiger partial charge is 0.425 e. The van der Waals surface area contributed by atoms with Gasteiger partial charge in [0.05, 0.1) is 24.7 Å². The van der Waals surface area contributed by atoms with Crippen LogP contribution in [0, 0.1) is 5.82 Å². The molecule has 1 unspecified atom stereocenters. The largest absolute Gasteiger partial charge is 0.475 e. The van der Waals surface area contributed by atoms with Gasteiger partial charge >= 0.3 is 18.2 Å². The summed E-state index contributed by atoms with van der Waals surface area (Å²) >= 11 is 6.14. The van der Waals surface area contributed by atoms with Gasteiger partial charge in [-0.25, -0.2) is 27.7 Å². The van der Waals surface area contributed by atoms with Crippen LogP contribution in [0.2, 0.25) is 5.15 Å². The highest BCUT2D eigenvalue weighted by atomic mass is 35.5. The van der Waals surface area contributed by atoms with Gasteiger partial charge in [0.15, 0.2) is 16.8 Å². The van der Waals surface area contributed by atoms with E-state index in [9.17, 15) is 18.4 Å². The number of alkyl halides is 2. The predicted molar refractivity (Wildman–Crippen MR) is 177 cm³/mol. The van der Waals surface area contributed by atoms with E-state index >= 15 is 4.39 Å². The molecule has 3 aliphatic heterocycles. The lowest BCUT2D eigenvalue weighted by molar-refractivity contribution is -0.0132. The number of rotatable bonds is 6. The zero-order chi connectivity index (χ0) is 36.4. The number of halogens is 4. The molecule has 270 valence electrons. The van der Waals surface area contributed by atoms with Gasteiger partial charge in [-0.3, -0.25) is 4.90 Å². The van der Waals surface area contributed by atoms with Gasteiger partial charge in [-0.15, -0.1) is 0 Å². The number of imide groups is 1. The summed E-state index contributed by atoms with van der Waals surface area (Å²) in [4.78, 5) is 48.8. The minimum atomic E-state index is -2.86. The van der Waals surface area contributed by atoms with Crippen molar-refractivity contribution in [2.24, 2.45) is 0 Å². The molecule has 13 nitrogen and oxygen atoms in total. The van der Waals surface area contributed by atoms with E-state index in [4.69, 9.17) is 30.5 Å². The van der Waals surface area contributed by atoms with Gasteiger partial charge in [0, 0.05) is 24.7 Å². The number of ether oxygens (including phenoxy) is 4. The molecule has 3 aliphatic rings. The SMILES string of the molecule is C[C@H](c1cccnc1N(C(=O)OC(C)(C)C)C(=O)OC(C)(C)C)N1CCOc2nc(Cl)c(F)c3nc(OCC45CCN4CC(F)(F)C5)nc1c23. The molecule has 2 fully saturated rings. The highest BCUT2D eigenvalue weighted by molar-refractivity contribution is 6.30. The average molecular weight is 722 g/mol. The van der Waals surface area contributed by atoms with Crippen molar-refractivity contribution < 1.29 is 41.7 Å². The zero-order valence-corrected chi connectivity index (χ0v) is 29.6. The molecule has 0 bridgehead atoms. The summed E-state index contributed by atoms with van der Waals surface area (Å²) in [5.41, 5.74) is -2.68. The van der Waals surface area contributed by atoms with Gasteiger partial charge in [-0.1, -0.05) is 17.7 Å². The standard InChI is InChI=1S/C33H39ClF3N7O6/c1-18(19-9-8-11-38-24(19)44(28(45)49-30(2,3)4)29(46)50-31(5,6)7)43-13-14-47-26-20-22(21(35)23(34)40-26)39-27(41-25(20)43)48-17-32-10-12-42(32)16-33(36,37)15-32/h8-9,11,18H,10,12-17H2,1-7H3/t18-,32?/m1/s1. The van der Waals surface area contributed by atoms with E-state index in [2.05, 4.69) is 19.9 Å². The first-order chi connectivity index (χ1) is 23.3. The molecule has 6 rings (SSSR count). The number of nitrogens with zero attached hydrogens (tertiary/aromatic N) is 7. The van der Waals surface area contributed by atoms with E-state index < -0.39 is 51.9 Å². The van der Waals surface area contributed by atoms with Crippen molar-refractivity contribution in [3.05, 3.63) is 34.9 Å². The van der Waals surface area contributed by atoms with Crippen molar-refractivity contribution in [3.8, 4) is 11.9 Å². The Kier molecular flexibility index (Phi) is 8.94. The Morgan fingerprint density at radius 1 is 1.08 bits per heavy atom. The second-order valence-electron chi connectivity index (χ2n) is 14.7. The van der Waals surface area contributed by atoms with Crippen molar-refractivity contribution in [1.82, 2.24) is 24.8 Å². The van der Waals surface area contributed by atoms with Crippen molar-refractivity contribution in [2.75, 3.05) is 42.6 Å². The van der Waals surface area contributed by atoms with E-state index in [1.807, 2.05) is 0 Å². The Balaban J connectivity index is 1.43. The molecule has 50 heavy (non-hydrogen) atoms.